The molecule has 206 valence electrons. The molecule has 2 aliphatic heterocycles. The lowest BCUT2D eigenvalue weighted by atomic mass is 9.58. The van der Waals surface area contributed by atoms with E-state index in [9.17, 15) is 45.3 Å². The molecule has 4 saturated carbocycles. The molecule has 4 bridgehead atoms. The minimum absolute atomic E-state index is 0.0870. The van der Waals surface area contributed by atoms with E-state index < -0.39 is 101 Å². The number of hydrogen-bond donors (Lipinski definition) is 7. The van der Waals surface area contributed by atoms with Crippen molar-refractivity contribution in [3.05, 3.63) is 12.2 Å². The first kappa shape index (κ1) is 25.6. The second kappa shape index (κ2) is 7.72. The predicted octanol–water partition coefficient (Wildman–Crippen LogP) is -1.95. The average molecular weight is 527 g/mol. The predicted molar refractivity (Wildman–Crippen MR) is 119 cm³/mol. The third-order valence-corrected chi connectivity index (χ3v) is 10.7. The molecule has 4 aliphatic carbocycles. The highest BCUT2D eigenvalue weighted by molar-refractivity contribution is 5.85. The molecule has 14 atom stereocenters. The normalized spacial score (nSPS) is 58.1. The molecule has 1 spiro atoms. The molecule has 7 N–H and O–H groups in total. The van der Waals surface area contributed by atoms with E-state index in [4.69, 9.17) is 14.2 Å². The number of aliphatic hydroxyl groups is 6. The number of carbonyl (C=O) groups is 2. The number of rotatable bonds is 4. The largest absolute Gasteiger partial charge is 0.481 e. The molecule has 37 heavy (non-hydrogen) atoms. The number of ether oxygens (including phenoxy) is 3. The van der Waals surface area contributed by atoms with Gasteiger partial charge in [0.2, 0.25) is 0 Å². The zero-order valence-corrected chi connectivity index (χ0v) is 20.4. The first-order valence-corrected chi connectivity index (χ1v) is 12.8. The Kier molecular flexibility index (Phi) is 5.35. The lowest BCUT2D eigenvalue weighted by Crippen LogP contribution is -2.63. The van der Waals surface area contributed by atoms with Gasteiger partial charge in [-0.2, -0.15) is 0 Å². The molecule has 2 saturated heterocycles. The number of hydrogen-bond acceptors (Lipinski definition) is 11. The fraction of sp³-hybridized carbons (Fsp3) is 0.840. The van der Waals surface area contributed by atoms with Crippen molar-refractivity contribution in [2.75, 3.05) is 6.61 Å². The topological polar surface area (TPSA) is 203 Å². The highest BCUT2D eigenvalue weighted by atomic mass is 16.7. The summed E-state index contributed by atoms with van der Waals surface area (Å²) in [6.45, 7) is 4.84. The number of carbonyl (C=O) groups excluding carboxylic acids is 1. The lowest BCUT2D eigenvalue weighted by Gasteiger charge is -2.49. The van der Waals surface area contributed by atoms with Crippen LogP contribution in [-0.4, -0.2) is 108 Å². The van der Waals surface area contributed by atoms with Crippen molar-refractivity contribution in [1.29, 1.82) is 0 Å². The summed E-state index contributed by atoms with van der Waals surface area (Å²) in [6, 6.07) is 0. The SMILES string of the molecule is C=C1CC23CC1(O)CCC2C12CC(OC4OC(CO)C(O)C(O)C4O)C(O)C(C)(C(=O)O1)C2C3C(=O)O. The van der Waals surface area contributed by atoms with Crippen molar-refractivity contribution < 1.29 is 59.5 Å². The lowest BCUT2D eigenvalue weighted by molar-refractivity contribution is -0.326. The molecule has 14 unspecified atom stereocenters. The first-order chi connectivity index (χ1) is 17.3. The van der Waals surface area contributed by atoms with Gasteiger partial charge in [0.05, 0.1) is 30.3 Å². The molecule has 0 aromatic carbocycles. The number of carboxylic acid groups (broad SMARTS) is 1. The van der Waals surface area contributed by atoms with Gasteiger partial charge in [0, 0.05) is 18.3 Å². The van der Waals surface area contributed by atoms with Crippen LogP contribution in [0.15, 0.2) is 12.2 Å². The van der Waals surface area contributed by atoms with Crippen LogP contribution in [0.1, 0.15) is 39.0 Å². The molecule has 0 radical (unpaired) electrons. The number of aliphatic carboxylic acids is 1. The highest BCUT2D eigenvalue weighted by Gasteiger charge is 2.85. The van der Waals surface area contributed by atoms with E-state index in [1.807, 2.05) is 0 Å². The molecular weight excluding hydrogens is 492 g/mol. The van der Waals surface area contributed by atoms with Crippen molar-refractivity contribution in [3.63, 3.8) is 0 Å². The second-order valence-electron chi connectivity index (χ2n) is 12.3. The van der Waals surface area contributed by atoms with Crippen LogP contribution in [0.25, 0.3) is 0 Å². The fourth-order valence-electron chi connectivity index (χ4n) is 9.16. The smallest absolute Gasteiger partial charge is 0.315 e. The van der Waals surface area contributed by atoms with E-state index in [1.54, 1.807) is 0 Å². The summed E-state index contributed by atoms with van der Waals surface area (Å²) in [5, 5.41) is 73.5. The zero-order chi connectivity index (χ0) is 26.9. The number of carboxylic acids is 1. The Morgan fingerprint density at radius 2 is 1.89 bits per heavy atom. The maximum atomic E-state index is 13.4. The van der Waals surface area contributed by atoms with E-state index in [2.05, 4.69) is 6.58 Å². The number of fused-ring (bicyclic) bond motifs is 1. The summed E-state index contributed by atoms with van der Waals surface area (Å²) >= 11 is 0. The Hall–Kier alpha value is -1.64. The van der Waals surface area contributed by atoms with E-state index >= 15 is 0 Å². The molecule has 0 amide bonds. The van der Waals surface area contributed by atoms with Gasteiger partial charge >= 0.3 is 11.9 Å². The van der Waals surface area contributed by atoms with Gasteiger partial charge in [-0.15, -0.1) is 0 Å². The van der Waals surface area contributed by atoms with Crippen molar-refractivity contribution in [2.45, 2.75) is 93.1 Å². The van der Waals surface area contributed by atoms with Gasteiger partial charge in [-0.25, -0.2) is 0 Å². The maximum Gasteiger partial charge on any atom is 0.315 e. The molecule has 12 nitrogen and oxygen atoms in total. The molecule has 12 heteroatoms. The van der Waals surface area contributed by atoms with Gasteiger partial charge in [-0.3, -0.25) is 9.59 Å². The fourth-order valence-corrected chi connectivity index (χ4v) is 9.16. The third-order valence-electron chi connectivity index (χ3n) is 10.7. The van der Waals surface area contributed by atoms with Gasteiger partial charge in [0.15, 0.2) is 6.29 Å². The molecular formula is C25H34O12. The highest BCUT2D eigenvalue weighted by Crippen LogP contribution is 2.78. The van der Waals surface area contributed by atoms with Crippen LogP contribution in [0.5, 0.6) is 0 Å². The number of aliphatic hydroxyl groups excluding tert-OH is 5. The monoisotopic (exact) mass is 526 g/mol. The summed E-state index contributed by atoms with van der Waals surface area (Å²) in [4.78, 5) is 26.2. The van der Waals surface area contributed by atoms with Gasteiger partial charge in [-0.05, 0) is 43.6 Å². The second-order valence-corrected chi connectivity index (χ2v) is 12.3. The summed E-state index contributed by atoms with van der Waals surface area (Å²) in [5.41, 5.74) is -4.52. The minimum Gasteiger partial charge on any atom is -0.481 e. The Morgan fingerprint density at radius 1 is 1.19 bits per heavy atom. The molecule has 6 fully saturated rings. The molecule has 0 aromatic rings. The molecule has 2 heterocycles. The Balaban J connectivity index is 1.40. The minimum atomic E-state index is -1.72. The Bertz CT molecular complexity index is 1050. The van der Waals surface area contributed by atoms with Gasteiger partial charge in [-0.1, -0.05) is 6.58 Å². The van der Waals surface area contributed by atoms with Crippen molar-refractivity contribution in [1.82, 2.24) is 0 Å². The van der Waals surface area contributed by atoms with E-state index in [0.29, 0.717) is 18.4 Å². The number of esters is 1. The van der Waals surface area contributed by atoms with Crippen LogP contribution in [0.4, 0.5) is 0 Å². The molecule has 6 aliphatic rings. The van der Waals surface area contributed by atoms with Crippen LogP contribution in [0, 0.1) is 28.6 Å². The summed E-state index contributed by atoms with van der Waals surface area (Å²) in [5.74, 6) is -4.27. The summed E-state index contributed by atoms with van der Waals surface area (Å²) in [7, 11) is 0. The Morgan fingerprint density at radius 3 is 2.54 bits per heavy atom. The van der Waals surface area contributed by atoms with Gasteiger partial charge in [0.25, 0.3) is 0 Å². The van der Waals surface area contributed by atoms with Crippen molar-refractivity contribution in [2.24, 2.45) is 28.6 Å². The standard InChI is InChI=1S/C25H34O12/c1-9-5-23-8-24(9,34)4-3-12(23)25-6-10(35-20-16(29)15(28)14(27)11(7-26)36-20)18(30)22(2,21(33)37-25)17(25)13(23)19(31)32/h10-18,20,26-30,34H,1,3-8H2,2H3,(H,31,32). The van der Waals surface area contributed by atoms with Crippen LogP contribution < -0.4 is 0 Å². The van der Waals surface area contributed by atoms with Crippen molar-refractivity contribution >= 4 is 11.9 Å². The molecule has 6 rings (SSSR count). The summed E-state index contributed by atoms with van der Waals surface area (Å²) in [6.07, 6.45) is -9.40. The van der Waals surface area contributed by atoms with Crippen LogP contribution in [0.3, 0.4) is 0 Å². The van der Waals surface area contributed by atoms with E-state index in [0.717, 1.165) is 0 Å². The van der Waals surface area contributed by atoms with Gasteiger partial charge in [0.1, 0.15) is 35.4 Å². The Labute approximate surface area is 212 Å². The van der Waals surface area contributed by atoms with Crippen LogP contribution in [-0.2, 0) is 23.8 Å². The quantitative estimate of drug-likeness (QED) is 0.158. The van der Waals surface area contributed by atoms with Crippen LogP contribution in [0.2, 0.25) is 0 Å². The molecule has 0 aromatic heterocycles. The summed E-state index contributed by atoms with van der Waals surface area (Å²) < 4.78 is 17.5. The maximum absolute atomic E-state index is 13.4. The van der Waals surface area contributed by atoms with E-state index in [1.165, 1.54) is 6.92 Å². The van der Waals surface area contributed by atoms with E-state index in [-0.39, 0.29) is 19.3 Å². The van der Waals surface area contributed by atoms with Crippen molar-refractivity contribution in [3.8, 4) is 0 Å². The van der Waals surface area contributed by atoms with Crippen LogP contribution >= 0.6 is 0 Å². The first-order valence-electron chi connectivity index (χ1n) is 12.8. The average Bonchev–Trinajstić information content (AvgIpc) is 3.26. The zero-order valence-electron chi connectivity index (χ0n) is 20.4. The van der Waals surface area contributed by atoms with Gasteiger partial charge < -0.3 is 50.0 Å². The third kappa shape index (κ3) is 2.90.